The zero-order valence-electron chi connectivity index (χ0n) is 19.7. The van der Waals surface area contributed by atoms with Crippen LogP contribution in [0.4, 0.5) is 14.5 Å². The maximum atomic E-state index is 14.6. The molecule has 0 saturated heterocycles. The molecule has 5 aromatic rings. The van der Waals surface area contributed by atoms with E-state index in [1.165, 1.54) is 31.6 Å². The highest BCUT2D eigenvalue weighted by atomic mass is 35.5. The number of rotatable bonds is 5. The number of nitrogens with zero attached hydrogens (tertiary/aromatic N) is 2. The Morgan fingerprint density at radius 1 is 0.973 bits per heavy atom. The number of nitrogen functional groups attached to an aromatic ring is 1. The summed E-state index contributed by atoms with van der Waals surface area (Å²) in [4.78, 5) is 4.48. The fraction of sp³-hybridized carbons (Fsp3) is 0.0741. The van der Waals surface area contributed by atoms with Crippen molar-refractivity contribution < 1.29 is 21.9 Å². The van der Waals surface area contributed by atoms with Crippen LogP contribution >= 0.6 is 11.6 Å². The van der Waals surface area contributed by atoms with Gasteiger partial charge in [-0.15, -0.1) is 0 Å². The van der Waals surface area contributed by atoms with Crippen molar-refractivity contribution >= 4 is 38.3 Å². The Morgan fingerprint density at radius 2 is 1.70 bits per heavy atom. The van der Waals surface area contributed by atoms with Gasteiger partial charge in [0.2, 0.25) is 0 Å². The quantitative estimate of drug-likeness (QED) is 0.260. The number of benzene rings is 3. The molecule has 0 aliphatic rings. The van der Waals surface area contributed by atoms with Crippen LogP contribution in [0.3, 0.4) is 0 Å². The van der Waals surface area contributed by atoms with Crippen molar-refractivity contribution in [1.29, 1.82) is 0 Å². The van der Waals surface area contributed by atoms with E-state index >= 15 is 0 Å². The molecule has 0 bridgehead atoms. The number of halogens is 3. The number of aryl methyl sites for hydroxylation is 1. The topological polar surface area (TPSA) is 87.2 Å². The molecule has 0 aliphatic carbocycles. The maximum Gasteiger partial charge on any atom is 0.269 e. The zero-order chi connectivity index (χ0) is 26.5. The summed E-state index contributed by atoms with van der Waals surface area (Å²) in [5, 5.41) is 0.721. The number of ether oxygens (including phenoxy) is 1. The summed E-state index contributed by atoms with van der Waals surface area (Å²) in [6.45, 7) is 1.84. The number of anilines is 1. The minimum Gasteiger partial charge on any atom is -0.493 e. The highest BCUT2D eigenvalue weighted by Gasteiger charge is 2.26. The summed E-state index contributed by atoms with van der Waals surface area (Å²) in [7, 11) is -2.86. The number of nitrogens with two attached hydrogens (primary N) is 1. The molecule has 2 heterocycles. The summed E-state index contributed by atoms with van der Waals surface area (Å²) in [5.41, 5.74) is 8.81. The second-order valence-electron chi connectivity index (χ2n) is 8.46. The van der Waals surface area contributed by atoms with Crippen molar-refractivity contribution in [2.24, 2.45) is 0 Å². The van der Waals surface area contributed by atoms with Crippen LogP contribution in [0.2, 0.25) is 5.02 Å². The van der Waals surface area contributed by atoms with Crippen molar-refractivity contribution in [1.82, 2.24) is 8.96 Å². The van der Waals surface area contributed by atoms with Gasteiger partial charge < -0.3 is 10.5 Å². The summed E-state index contributed by atoms with van der Waals surface area (Å²) in [6, 6.07) is 14.8. The number of hydrogen-bond acceptors (Lipinski definition) is 5. The third-order valence-electron chi connectivity index (χ3n) is 6.02. The molecule has 188 valence electrons. The highest BCUT2D eigenvalue weighted by molar-refractivity contribution is 7.90. The van der Waals surface area contributed by atoms with Crippen molar-refractivity contribution in [3.63, 3.8) is 0 Å². The predicted molar refractivity (Wildman–Crippen MR) is 140 cm³/mol. The van der Waals surface area contributed by atoms with Gasteiger partial charge in [-0.05, 0) is 48.9 Å². The first-order valence-electron chi connectivity index (χ1n) is 11.0. The lowest BCUT2D eigenvalue weighted by Gasteiger charge is -2.10. The molecule has 0 atom stereocenters. The lowest BCUT2D eigenvalue weighted by atomic mass is 10.0. The number of hydrogen-bond donors (Lipinski definition) is 1. The van der Waals surface area contributed by atoms with Crippen LogP contribution in [0.5, 0.6) is 5.75 Å². The predicted octanol–water partition coefficient (Wildman–Crippen LogP) is 6.44. The molecule has 0 spiro atoms. The van der Waals surface area contributed by atoms with Crippen LogP contribution in [0.15, 0.2) is 78.0 Å². The molecule has 5 rings (SSSR count). The average molecular weight is 540 g/mol. The minimum atomic E-state index is -4.11. The standard InChI is InChI=1S/C27H20ClF2N3O3S/c1-15-3-6-19(7-4-15)37(34,35)33-14-22(20-11-18(29)12-24(30)26(20)36-2)21-9-17(13-32-27(21)33)16-5-8-23(28)25(31)10-16/h3-14H,31H2,1-2H3. The molecule has 2 N–H and O–H groups in total. The molecule has 0 fully saturated rings. The van der Waals surface area contributed by atoms with Crippen molar-refractivity contribution in [3.8, 4) is 28.0 Å². The van der Waals surface area contributed by atoms with Gasteiger partial charge in [0.15, 0.2) is 17.2 Å². The van der Waals surface area contributed by atoms with Crippen LogP contribution < -0.4 is 10.5 Å². The van der Waals surface area contributed by atoms with Gasteiger partial charge in [-0.2, -0.15) is 0 Å². The third kappa shape index (κ3) is 4.30. The van der Waals surface area contributed by atoms with Crippen LogP contribution in [0, 0.1) is 18.6 Å². The van der Waals surface area contributed by atoms with Crippen molar-refractivity contribution in [3.05, 3.63) is 95.3 Å². The van der Waals surface area contributed by atoms with Crippen molar-refractivity contribution in [2.75, 3.05) is 12.8 Å². The molecule has 37 heavy (non-hydrogen) atoms. The smallest absolute Gasteiger partial charge is 0.269 e. The number of methoxy groups -OCH3 is 1. The summed E-state index contributed by atoms with van der Waals surface area (Å²) < 4.78 is 62.5. The van der Waals surface area contributed by atoms with Crippen molar-refractivity contribution in [2.45, 2.75) is 11.8 Å². The first kappa shape index (κ1) is 24.7. The Hall–Kier alpha value is -3.95. The molecule has 0 saturated carbocycles. The van der Waals surface area contributed by atoms with E-state index in [1.807, 2.05) is 6.92 Å². The second kappa shape index (κ2) is 9.17. The molecule has 3 aromatic carbocycles. The summed E-state index contributed by atoms with van der Waals surface area (Å²) in [6.07, 6.45) is 2.79. The third-order valence-corrected chi connectivity index (χ3v) is 8.03. The minimum absolute atomic E-state index is 0.0373. The van der Waals surface area contributed by atoms with E-state index < -0.39 is 21.7 Å². The Kier molecular flexibility index (Phi) is 6.13. The van der Waals surface area contributed by atoms with E-state index in [4.69, 9.17) is 22.1 Å². The fourth-order valence-corrected chi connectivity index (χ4v) is 5.59. The Labute approximate surface area is 217 Å². The number of fused-ring (bicyclic) bond motifs is 1. The van der Waals surface area contributed by atoms with Gasteiger partial charge in [-0.3, -0.25) is 0 Å². The first-order valence-corrected chi connectivity index (χ1v) is 12.8. The molecule has 0 unspecified atom stereocenters. The molecule has 6 nitrogen and oxygen atoms in total. The zero-order valence-corrected chi connectivity index (χ0v) is 21.2. The van der Waals surface area contributed by atoms with Gasteiger partial charge in [-0.1, -0.05) is 35.4 Å². The van der Waals surface area contributed by atoms with Gasteiger partial charge in [0, 0.05) is 40.5 Å². The van der Waals surface area contributed by atoms with E-state index in [-0.39, 0.29) is 27.4 Å². The summed E-state index contributed by atoms with van der Waals surface area (Å²) >= 11 is 6.06. The molecule has 2 aromatic heterocycles. The van der Waals surface area contributed by atoms with Crippen LogP contribution in [0.25, 0.3) is 33.3 Å². The van der Waals surface area contributed by atoms with Gasteiger partial charge in [0.05, 0.1) is 22.7 Å². The molecular weight excluding hydrogens is 520 g/mol. The highest BCUT2D eigenvalue weighted by Crippen LogP contribution is 2.40. The molecule has 10 heteroatoms. The SMILES string of the molecule is COc1c(F)cc(F)cc1-c1cn(S(=O)(=O)c2ccc(C)cc2)c2ncc(-c3ccc(Cl)c(N)c3)cc12. The normalized spacial score (nSPS) is 11.7. The van der Waals surface area contributed by atoms with Gasteiger partial charge >= 0.3 is 0 Å². The lowest BCUT2D eigenvalue weighted by Crippen LogP contribution is -2.12. The van der Waals surface area contributed by atoms with E-state index in [0.717, 1.165) is 15.6 Å². The van der Waals surface area contributed by atoms with E-state index in [0.29, 0.717) is 33.3 Å². The number of pyridine rings is 1. The second-order valence-corrected chi connectivity index (χ2v) is 10.7. The molecule has 0 amide bonds. The molecule has 0 radical (unpaired) electrons. The molecular formula is C27H20ClF2N3O3S. The van der Waals surface area contributed by atoms with Gasteiger partial charge in [-0.25, -0.2) is 26.2 Å². The number of aromatic nitrogens is 2. The fourth-order valence-electron chi connectivity index (χ4n) is 4.15. The van der Waals surface area contributed by atoms with Crippen LogP contribution in [-0.2, 0) is 10.0 Å². The van der Waals surface area contributed by atoms with Crippen LogP contribution in [0.1, 0.15) is 5.56 Å². The monoisotopic (exact) mass is 539 g/mol. The van der Waals surface area contributed by atoms with E-state index in [1.54, 1.807) is 36.4 Å². The maximum absolute atomic E-state index is 14.6. The first-order chi connectivity index (χ1) is 17.6. The van der Waals surface area contributed by atoms with E-state index in [9.17, 15) is 17.2 Å². The van der Waals surface area contributed by atoms with E-state index in [2.05, 4.69) is 4.98 Å². The Morgan fingerprint density at radius 3 is 2.38 bits per heavy atom. The summed E-state index contributed by atoms with van der Waals surface area (Å²) in [5.74, 6) is -1.99. The Balaban J connectivity index is 1.83. The van der Waals surface area contributed by atoms with Gasteiger partial charge in [0.25, 0.3) is 10.0 Å². The lowest BCUT2D eigenvalue weighted by molar-refractivity contribution is 0.386. The van der Waals surface area contributed by atoms with Crippen LogP contribution in [-0.4, -0.2) is 24.5 Å². The average Bonchev–Trinajstić information content (AvgIpc) is 3.25. The molecule has 0 aliphatic heterocycles. The Bertz CT molecular complexity index is 1790. The van der Waals surface area contributed by atoms with Gasteiger partial charge in [0.1, 0.15) is 5.82 Å². The largest absolute Gasteiger partial charge is 0.493 e.